The van der Waals surface area contributed by atoms with Gasteiger partial charge in [-0.2, -0.15) is 8.42 Å². The lowest BCUT2D eigenvalue weighted by atomic mass is 10.1. The first kappa shape index (κ1) is 22.4. The standard InChI is InChI=1S/C21H21ClN4O5S/c22-17-4-2-1-3-15(17)18-7-8-19(31-18)20(27)16-10-24-12-25-21(16)26-14-6-5-13(9-14)11-30-32(23,28)29/h1-4,7-8,10,12-14H,5-6,9,11H2,(H2,23,28,29)(H,24,25,26)/t13-,14?/m0/s1. The second-order valence-corrected chi connectivity index (χ2v) is 9.18. The molecule has 0 aliphatic heterocycles. The van der Waals surface area contributed by atoms with Gasteiger partial charge in [-0.3, -0.25) is 8.98 Å². The second-order valence-electron chi connectivity index (χ2n) is 7.56. The number of carbonyl (C=O) groups is 1. The first-order valence-corrected chi connectivity index (χ1v) is 11.8. The number of hydrogen-bond donors (Lipinski definition) is 2. The van der Waals surface area contributed by atoms with Crippen LogP contribution in [0, 0.1) is 5.92 Å². The lowest BCUT2D eigenvalue weighted by Crippen LogP contribution is -2.22. The average molecular weight is 477 g/mol. The van der Waals surface area contributed by atoms with E-state index in [0.717, 1.165) is 12.8 Å². The van der Waals surface area contributed by atoms with Crippen molar-refractivity contribution in [2.75, 3.05) is 11.9 Å². The summed E-state index contributed by atoms with van der Waals surface area (Å²) in [5.74, 6) is 0.690. The molecule has 0 saturated heterocycles. The van der Waals surface area contributed by atoms with Gasteiger partial charge in [0.15, 0.2) is 5.76 Å². The van der Waals surface area contributed by atoms with Gasteiger partial charge in [0.2, 0.25) is 5.78 Å². The van der Waals surface area contributed by atoms with E-state index in [1.54, 1.807) is 18.2 Å². The summed E-state index contributed by atoms with van der Waals surface area (Å²) in [6.07, 6.45) is 4.98. The molecule has 2 aromatic heterocycles. The fourth-order valence-electron chi connectivity index (χ4n) is 3.75. The van der Waals surface area contributed by atoms with Crippen LogP contribution in [-0.2, 0) is 14.5 Å². The van der Waals surface area contributed by atoms with Crippen LogP contribution >= 0.6 is 11.6 Å². The fraction of sp³-hybridized carbons (Fsp3) is 0.286. The van der Waals surface area contributed by atoms with Crippen LogP contribution in [0.3, 0.4) is 0 Å². The summed E-state index contributed by atoms with van der Waals surface area (Å²) in [7, 11) is -3.96. The Morgan fingerprint density at radius 1 is 1.25 bits per heavy atom. The van der Waals surface area contributed by atoms with E-state index in [0.29, 0.717) is 28.6 Å². The van der Waals surface area contributed by atoms with Crippen molar-refractivity contribution in [1.82, 2.24) is 9.97 Å². The second kappa shape index (κ2) is 9.37. The van der Waals surface area contributed by atoms with Crippen molar-refractivity contribution in [3.05, 3.63) is 65.3 Å². The zero-order valence-electron chi connectivity index (χ0n) is 16.9. The van der Waals surface area contributed by atoms with Crippen molar-refractivity contribution in [3.63, 3.8) is 0 Å². The Morgan fingerprint density at radius 2 is 2.06 bits per heavy atom. The summed E-state index contributed by atoms with van der Waals surface area (Å²) in [5.41, 5.74) is 0.964. The molecule has 11 heteroatoms. The zero-order valence-corrected chi connectivity index (χ0v) is 18.5. The number of nitrogens with zero attached hydrogens (tertiary/aromatic N) is 2. The Labute approximate surface area is 190 Å². The normalized spacial score (nSPS) is 18.6. The largest absolute Gasteiger partial charge is 0.453 e. The van der Waals surface area contributed by atoms with Crippen LogP contribution in [0.4, 0.5) is 5.82 Å². The van der Waals surface area contributed by atoms with Crippen LogP contribution in [0.15, 0.2) is 53.3 Å². The van der Waals surface area contributed by atoms with Crippen LogP contribution in [0.1, 0.15) is 35.4 Å². The number of hydrogen-bond acceptors (Lipinski definition) is 8. The van der Waals surface area contributed by atoms with Crippen LogP contribution in [0.5, 0.6) is 0 Å². The summed E-state index contributed by atoms with van der Waals surface area (Å²) in [6, 6.07) is 10.5. The van der Waals surface area contributed by atoms with Gasteiger partial charge in [0, 0.05) is 17.8 Å². The third-order valence-electron chi connectivity index (χ3n) is 5.28. The van der Waals surface area contributed by atoms with Gasteiger partial charge < -0.3 is 9.73 Å². The Morgan fingerprint density at radius 3 is 2.84 bits per heavy atom. The molecule has 0 spiro atoms. The molecule has 4 rings (SSSR count). The van der Waals surface area contributed by atoms with Gasteiger partial charge >= 0.3 is 10.3 Å². The van der Waals surface area contributed by atoms with Gasteiger partial charge in [-0.15, -0.1) is 0 Å². The highest BCUT2D eigenvalue weighted by atomic mass is 35.5. The molecule has 1 aliphatic rings. The van der Waals surface area contributed by atoms with Crippen molar-refractivity contribution in [2.24, 2.45) is 11.1 Å². The molecule has 3 aromatic rings. The maximum absolute atomic E-state index is 13.1. The maximum atomic E-state index is 13.1. The summed E-state index contributed by atoms with van der Waals surface area (Å²) >= 11 is 6.22. The van der Waals surface area contributed by atoms with E-state index in [-0.39, 0.29) is 35.7 Å². The van der Waals surface area contributed by atoms with Crippen molar-refractivity contribution in [3.8, 4) is 11.3 Å². The lowest BCUT2D eigenvalue weighted by molar-refractivity contribution is 0.101. The number of furan rings is 1. The van der Waals surface area contributed by atoms with E-state index in [1.165, 1.54) is 12.5 Å². The number of carbonyl (C=O) groups excluding carboxylic acids is 1. The minimum Gasteiger partial charge on any atom is -0.453 e. The number of nitrogens with two attached hydrogens (primary N) is 1. The maximum Gasteiger partial charge on any atom is 0.333 e. The van der Waals surface area contributed by atoms with E-state index >= 15 is 0 Å². The molecule has 9 nitrogen and oxygen atoms in total. The van der Waals surface area contributed by atoms with E-state index < -0.39 is 10.3 Å². The van der Waals surface area contributed by atoms with Gasteiger partial charge in [0.25, 0.3) is 0 Å². The number of ketones is 1. The molecule has 1 fully saturated rings. The lowest BCUT2D eigenvalue weighted by Gasteiger charge is -2.15. The number of aromatic nitrogens is 2. The van der Waals surface area contributed by atoms with Gasteiger partial charge in [-0.05, 0) is 49.4 Å². The predicted octanol–water partition coefficient (Wildman–Crippen LogP) is 3.42. The minimum atomic E-state index is -3.96. The summed E-state index contributed by atoms with van der Waals surface area (Å²) < 4.78 is 32.5. The molecule has 168 valence electrons. The van der Waals surface area contributed by atoms with Crippen LogP contribution in [0.25, 0.3) is 11.3 Å². The smallest absolute Gasteiger partial charge is 0.333 e. The highest BCUT2D eigenvalue weighted by Gasteiger charge is 2.28. The molecule has 1 saturated carbocycles. The highest BCUT2D eigenvalue weighted by molar-refractivity contribution is 7.84. The van der Waals surface area contributed by atoms with Crippen molar-refractivity contribution >= 4 is 33.5 Å². The quantitative estimate of drug-likeness (QED) is 0.471. The van der Waals surface area contributed by atoms with Gasteiger partial charge in [-0.25, -0.2) is 15.1 Å². The number of nitrogens with one attached hydrogen (secondary N) is 1. The summed E-state index contributed by atoms with van der Waals surface area (Å²) in [5, 5.41) is 8.68. The Bertz CT molecular complexity index is 1230. The molecule has 32 heavy (non-hydrogen) atoms. The fourth-order valence-corrected chi connectivity index (χ4v) is 4.36. The third-order valence-corrected chi connectivity index (χ3v) is 6.07. The Hall–Kier alpha value is -2.79. The molecule has 3 N–H and O–H groups in total. The van der Waals surface area contributed by atoms with Gasteiger partial charge in [0.1, 0.15) is 17.9 Å². The van der Waals surface area contributed by atoms with Gasteiger partial charge in [0.05, 0.1) is 17.2 Å². The zero-order chi connectivity index (χ0) is 22.7. The molecule has 2 heterocycles. The molecule has 1 aromatic carbocycles. The molecular formula is C21H21ClN4O5S. The van der Waals surface area contributed by atoms with Crippen LogP contribution in [-0.4, -0.2) is 36.8 Å². The first-order chi connectivity index (χ1) is 15.3. The number of benzene rings is 1. The SMILES string of the molecule is NS(=O)(=O)OC[C@H]1CCC(Nc2ncncc2C(=O)c2ccc(-c3ccccc3Cl)o2)C1. The number of halogens is 1. The topological polar surface area (TPSA) is 137 Å². The highest BCUT2D eigenvalue weighted by Crippen LogP contribution is 2.31. The molecule has 0 amide bonds. The monoisotopic (exact) mass is 476 g/mol. The van der Waals surface area contributed by atoms with E-state index in [1.807, 2.05) is 18.2 Å². The average Bonchev–Trinajstić information content (AvgIpc) is 3.42. The van der Waals surface area contributed by atoms with E-state index in [9.17, 15) is 13.2 Å². The minimum absolute atomic E-state index is 0.000755. The molecular weight excluding hydrogens is 456 g/mol. The number of rotatable bonds is 8. The van der Waals surface area contributed by atoms with Crippen molar-refractivity contribution in [1.29, 1.82) is 0 Å². The van der Waals surface area contributed by atoms with Crippen molar-refractivity contribution < 1.29 is 21.8 Å². The summed E-state index contributed by atoms with van der Waals surface area (Å²) in [6.45, 7) is 0.0315. The third kappa shape index (κ3) is 5.33. The van der Waals surface area contributed by atoms with Crippen LogP contribution in [0.2, 0.25) is 5.02 Å². The summed E-state index contributed by atoms with van der Waals surface area (Å²) in [4.78, 5) is 21.3. The molecule has 0 bridgehead atoms. The first-order valence-electron chi connectivity index (χ1n) is 9.93. The molecule has 0 radical (unpaired) electrons. The number of anilines is 1. The Kier molecular flexibility index (Phi) is 6.56. The van der Waals surface area contributed by atoms with E-state index in [4.69, 9.17) is 25.3 Å². The van der Waals surface area contributed by atoms with Gasteiger partial charge in [-0.1, -0.05) is 23.7 Å². The Balaban J connectivity index is 1.47. The molecule has 1 aliphatic carbocycles. The molecule has 2 atom stereocenters. The van der Waals surface area contributed by atoms with Crippen molar-refractivity contribution in [2.45, 2.75) is 25.3 Å². The molecule has 1 unspecified atom stereocenters. The van der Waals surface area contributed by atoms with Crippen LogP contribution < -0.4 is 10.5 Å². The predicted molar refractivity (Wildman–Crippen MR) is 118 cm³/mol. The van der Waals surface area contributed by atoms with E-state index in [2.05, 4.69) is 15.3 Å².